The number of ether oxygens (including phenoxy) is 1. The SMILES string of the molecule is CCCNC1CCOC2(CCC(C)(C)CC2C)C1. The van der Waals surface area contributed by atoms with E-state index in [9.17, 15) is 0 Å². The Labute approximate surface area is 113 Å². The van der Waals surface area contributed by atoms with Crippen molar-refractivity contribution in [3.63, 3.8) is 0 Å². The summed E-state index contributed by atoms with van der Waals surface area (Å²) in [5.74, 6) is 0.701. The van der Waals surface area contributed by atoms with Crippen molar-refractivity contribution in [2.75, 3.05) is 13.2 Å². The standard InChI is InChI=1S/C16H31NO/c1-5-9-17-14-6-10-18-16(12-14)8-7-15(3,4)11-13(16)2/h13-14,17H,5-12H2,1-4H3. The van der Waals surface area contributed by atoms with Gasteiger partial charge in [0.05, 0.1) is 5.60 Å². The van der Waals surface area contributed by atoms with Gasteiger partial charge in [-0.1, -0.05) is 27.7 Å². The molecule has 0 amide bonds. The van der Waals surface area contributed by atoms with Crippen LogP contribution in [0.5, 0.6) is 0 Å². The first kappa shape index (κ1) is 14.3. The van der Waals surface area contributed by atoms with Gasteiger partial charge in [-0.25, -0.2) is 0 Å². The molecule has 0 aromatic rings. The van der Waals surface area contributed by atoms with Gasteiger partial charge >= 0.3 is 0 Å². The Morgan fingerprint density at radius 2 is 2.00 bits per heavy atom. The normalized spacial score (nSPS) is 40.0. The van der Waals surface area contributed by atoms with Gasteiger partial charge in [-0.05, 0) is 56.4 Å². The fourth-order valence-electron chi connectivity index (χ4n) is 3.94. The van der Waals surface area contributed by atoms with Crippen LogP contribution in [0.2, 0.25) is 0 Å². The quantitative estimate of drug-likeness (QED) is 0.827. The van der Waals surface area contributed by atoms with Gasteiger partial charge in [0.1, 0.15) is 0 Å². The third-order valence-electron chi connectivity index (χ3n) is 5.11. The van der Waals surface area contributed by atoms with Gasteiger partial charge < -0.3 is 10.1 Å². The van der Waals surface area contributed by atoms with E-state index in [1.165, 1.54) is 38.5 Å². The summed E-state index contributed by atoms with van der Waals surface area (Å²) < 4.78 is 6.28. The van der Waals surface area contributed by atoms with Gasteiger partial charge in [0, 0.05) is 12.6 Å². The van der Waals surface area contributed by atoms with Crippen molar-refractivity contribution in [3.8, 4) is 0 Å². The van der Waals surface area contributed by atoms with E-state index in [1.54, 1.807) is 0 Å². The first-order valence-corrected chi connectivity index (χ1v) is 7.85. The molecule has 3 unspecified atom stereocenters. The van der Waals surface area contributed by atoms with Crippen LogP contribution < -0.4 is 5.32 Å². The largest absolute Gasteiger partial charge is 0.375 e. The molecule has 18 heavy (non-hydrogen) atoms. The van der Waals surface area contributed by atoms with Crippen molar-refractivity contribution in [3.05, 3.63) is 0 Å². The van der Waals surface area contributed by atoms with Crippen LogP contribution >= 0.6 is 0 Å². The Balaban J connectivity index is 1.98. The lowest BCUT2D eigenvalue weighted by Gasteiger charge is -2.51. The highest BCUT2D eigenvalue weighted by Gasteiger charge is 2.47. The maximum atomic E-state index is 6.28. The van der Waals surface area contributed by atoms with Crippen molar-refractivity contribution in [2.24, 2.45) is 11.3 Å². The van der Waals surface area contributed by atoms with E-state index in [0.29, 0.717) is 17.4 Å². The van der Waals surface area contributed by atoms with Crippen LogP contribution in [0.1, 0.15) is 66.2 Å². The zero-order valence-electron chi connectivity index (χ0n) is 12.7. The van der Waals surface area contributed by atoms with Gasteiger partial charge in [-0.15, -0.1) is 0 Å². The zero-order valence-corrected chi connectivity index (χ0v) is 12.7. The minimum Gasteiger partial charge on any atom is -0.375 e. The molecule has 1 heterocycles. The van der Waals surface area contributed by atoms with Crippen molar-refractivity contribution >= 4 is 0 Å². The molecular weight excluding hydrogens is 222 g/mol. The van der Waals surface area contributed by atoms with Gasteiger partial charge in [0.25, 0.3) is 0 Å². The topological polar surface area (TPSA) is 21.3 Å². The predicted molar refractivity (Wildman–Crippen MR) is 76.8 cm³/mol. The molecule has 0 aromatic carbocycles. The minimum absolute atomic E-state index is 0.180. The van der Waals surface area contributed by atoms with Gasteiger partial charge in [0.2, 0.25) is 0 Å². The van der Waals surface area contributed by atoms with Crippen LogP contribution in [0.15, 0.2) is 0 Å². The molecule has 3 atom stereocenters. The molecule has 2 rings (SSSR count). The molecule has 0 radical (unpaired) electrons. The van der Waals surface area contributed by atoms with Crippen LogP contribution in [-0.4, -0.2) is 24.8 Å². The molecule has 2 nitrogen and oxygen atoms in total. The lowest BCUT2D eigenvalue weighted by atomic mass is 9.63. The summed E-state index contributed by atoms with van der Waals surface area (Å²) in [5, 5.41) is 3.70. The molecular formula is C16H31NO. The average molecular weight is 253 g/mol. The molecule has 1 aliphatic heterocycles. The Bertz CT molecular complexity index is 276. The molecule has 2 heteroatoms. The molecule has 1 saturated carbocycles. The molecule has 0 aromatic heterocycles. The third kappa shape index (κ3) is 3.08. The Hall–Kier alpha value is -0.0800. The van der Waals surface area contributed by atoms with E-state index >= 15 is 0 Å². The van der Waals surface area contributed by atoms with Crippen LogP contribution in [0, 0.1) is 11.3 Å². The Morgan fingerprint density at radius 1 is 1.22 bits per heavy atom. The highest BCUT2D eigenvalue weighted by molar-refractivity contribution is 4.99. The molecule has 1 N–H and O–H groups in total. The fraction of sp³-hybridized carbons (Fsp3) is 1.00. The molecule has 2 aliphatic rings. The maximum absolute atomic E-state index is 6.28. The van der Waals surface area contributed by atoms with Crippen molar-refractivity contribution < 1.29 is 4.74 Å². The van der Waals surface area contributed by atoms with E-state index in [4.69, 9.17) is 4.74 Å². The number of hydrogen-bond donors (Lipinski definition) is 1. The van der Waals surface area contributed by atoms with E-state index in [1.807, 2.05) is 0 Å². The van der Waals surface area contributed by atoms with E-state index in [-0.39, 0.29) is 5.60 Å². The van der Waals surface area contributed by atoms with Gasteiger partial charge in [-0.2, -0.15) is 0 Å². The van der Waals surface area contributed by atoms with Crippen LogP contribution in [-0.2, 0) is 4.74 Å². The second-order valence-corrected chi connectivity index (χ2v) is 7.33. The molecule has 0 bridgehead atoms. The van der Waals surface area contributed by atoms with Crippen molar-refractivity contribution in [1.29, 1.82) is 0 Å². The summed E-state index contributed by atoms with van der Waals surface area (Å²) in [7, 11) is 0. The van der Waals surface area contributed by atoms with Crippen LogP contribution in [0.25, 0.3) is 0 Å². The van der Waals surface area contributed by atoms with Gasteiger partial charge in [0.15, 0.2) is 0 Å². The minimum atomic E-state index is 0.180. The summed E-state index contributed by atoms with van der Waals surface area (Å²) in [4.78, 5) is 0. The lowest BCUT2D eigenvalue weighted by molar-refractivity contribution is -0.154. The van der Waals surface area contributed by atoms with Gasteiger partial charge in [-0.3, -0.25) is 0 Å². The van der Waals surface area contributed by atoms with Crippen molar-refractivity contribution in [2.45, 2.75) is 77.9 Å². The highest BCUT2D eigenvalue weighted by atomic mass is 16.5. The average Bonchev–Trinajstić information content (AvgIpc) is 2.32. The summed E-state index contributed by atoms with van der Waals surface area (Å²) in [5.41, 5.74) is 0.691. The van der Waals surface area contributed by atoms with E-state index < -0.39 is 0 Å². The van der Waals surface area contributed by atoms with Crippen LogP contribution in [0.3, 0.4) is 0 Å². The predicted octanol–water partition coefficient (Wildman–Crippen LogP) is 3.75. The first-order valence-electron chi connectivity index (χ1n) is 7.85. The number of hydrogen-bond acceptors (Lipinski definition) is 2. The summed E-state index contributed by atoms with van der Waals surface area (Å²) in [6, 6.07) is 0.683. The fourth-order valence-corrected chi connectivity index (χ4v) is 3.94. The molecule has 1 saturated heterocycles. The smallest absolute Gasteiger partial charge is 0.0723 e. The summed E-state index contributed by atoms with van der Waals surface area (Å²) >= 11 is 0. The van der Waals surface area contributed by atoms with E-state index in [2.05, 4.69) is 33.0 Å². The molecule has 2 fully saturated rings. The molecule has 1 aliphatic carbocycles. The van der Waals surface area contributed by atoms with E-state index in [0.717, 1.165) is 13.2 Å². The summed E-state index contributed by atoms with van der Waals surface area (Å²) in [6.45, 7) is 11.6. The first-order chi connectivity index (χ1) is 8.47. The molecule has 1 spiro atoms. The second-order valence-electron chi connectivity index (χ2n) is 7.33. The second kappa shape index (κ2) is 5.50. The number of rotatable bonds is 3. The van der Waals surface area contributed by atoms with Crippen molar-refractivity contribution in [1.82, 2.24) is 5.32 Å². The Kier molecular flexibility index (Phi) is 4.38. The molecule has 106 valence electrons. The maximum Gasteiger partial charge on any atom is 0.0723 e. The lowest BCUT2D eigenvalue weighted by Crippen LogP contribution is -2.53. The monoisotopic (exact) mass is 253 g/mol. The number of nitrogens with one attached hydrogen (secondary N) is 1. The third-order valence-corrected chi connectivity index (χ3v) is 5.11. The Morgan fingerprint density at radius 3 is 2.67 bits per heavy atom. The zero-order chi connectivity index (χ0) is 13.2. The summed E-state index contributed by atoms with van der Waals surface area (Å²) in [6.07, 6.45) is 7.53. The van der Waals surface area contributed by atoms with Crippen LogP contribution in [0.4, 0.5) is 0 Å². The highest BCUT2D eigenvalue weighted by Crippen LogP contribution is 2.49.